The molecule has 0 aromatic carbocycles. The fourth-order valence-corrected chi connectivity index (χ4v) is 1.28. The van der Waals surface area contributed by atoms with Crippen molar-refractivity contribution in [3.8, 4) is 11.6 Å². The predicted octanol–water partition coefficient (Wildman–Crippen LogP) is 0.901. The minimum atomic E-state index is -0.242. The maximum absolute atomic E-state index is 5.97. The van der Waals surface area contributed by atoms with E-state index in [-0.39, 0.29) is 6.04 Å². The van der Waals surface area contributed by atoms with Crippen LogP contribution in [-0.2, 0) is 0 Å². The van der Waals surface area contributed by atoms with Gasteiger partial charge in [0.1, 0.15) is 6.33 Å². The molecule has 3 N–H and O–H groups in total. The van der Waals surface area contributed by atoms with E-state index in [1.165, 1.54) is 6.33 Å². The molecule has 16 heavy (non-hydrogen) atoms. The number of hydrogen-bond acceptors (Lipinski definition) is 6. The SMILES string of the molecule is CC[C@H](C)[C@H](N)c1nc(-c2ncn[nH]2)no1. The number of aromatic amines is 1. The van der Waals surface area contributed by atoms with E-state index in [2.05, 4.69) is 32.2 Å². The van der Waals surface area contributed by atoms with Crippen molar-refractivity contribution < 1.29 is 4.52 Å². The van der Waals surface area contributed by atoms with E-state index in [0.29, 0.717) is 23.5 Å². The summed E-state index contributed by atoms with van der Waals surface area (Å²) >= 11 is 0. The van der Waals surface area contributed by atoms with Gasteiger partial charge in [0, 0.05) is 0 Å². The maximum Gasteiger partial charge on any atom is 0.244 e. The van der Waals surface area contributed by atoms with Gasteiger partial charge < -0.3 is 10.3 Å². The first kappa shape index (κ1) is 10.7. The van der Waals surface area contributed by atoms with Crippen molar-refractivity contribution in [1.82, 2.24) is 25.3 Å². The Hall–Kier alpha value is -1.76. The van der Waals surface area contributed by atoms with E-state index in [4.69, 9.17) is 10.3 Å². The number of aromatic nitrogens is 5. The first-order chi connectivity index (χ1) is 7.72. The fourth-order valence-electron chi connectivity index (χ4n) is 1.28. The Morgan fingerprint density at radius 3 is 3.00 bits per heavy atom. The van der Waals surface area contributed by atoms with Crippen LogP contribution in [0.25, 0.3) is 11.6 Å². The van der Waals surface area contributed by atoms with Crippen LogP contribution in [0.2, 0.25) is 0 Å². The third-order valence-corrected chi connectivity index (χ3v) is 2.61. The summed E-state index contributed by atoms with van der Waals surface area (Å²) in [5.41, 5.74) is 5.97. The van der Waals surface area contributed by atoms with E-state index in [0.717, 1.165) is 6.42 Å². The number of nitrogens with zero attached hydrogens (tertiary/aromatic N) is 4. The molecule has 0 unspecified atom stereocenters. The molecule has 7 nitrogen and oxygen atoms in total. The van der Waals surface area contributed by atoms with Gasteiger partial charge in [-0.25, -0.2) is 4.98 Å². The number of rotatable bonds is 4. The molecule has 0 saturated carbocycles. The van der Waals surface area contributed by atoms with Crippen molar-refractivity contribution in [3.63, 3.8) is 0 Å². The average molecular weight is 222 g/mol. The third-order valence-electron chi connectivity index (χ3n) is 2.61. The zero-order chi connectivity index (χ0) is 11.5. The molecule has 2 rings (SSSR count). The molecule has 0 fully saturated rings. The molecule has 7 heteroatoms. The van der Waals surface area contributed by atoms with Gasteiger partial charge in [-0.3, -0.25) is 5.10 Å². The molecule has 2 aromatic rings. The van der Waals surface area contributed by atoms with Crippen LogP contribution < -0.4 is 5.73 Å². The highest BCUT2D eigenvalue weighted by molar-refractivity contribution is 5.39. The molecular formula is C9H14N6O. The Bertz CT molecular complexity index is 437. The Balaban J connectivity index is 2.20. The van der Waals surface area contributed by atoms with E-state index in [1.54, 1.807) is 0 Å². The quantitative estimate of drug-likeness (QED) is 0.795. The maximum atomic E-state index is 5.97. The molecule has 86 valence electrons. The second kappa shape index (κ2) is 4.40. The average Bonchev–Trinajstić information content (AvgIpc) is 2.96. The molecule has 0 spiro atoms. The number of H-pyrrole nitrogens is 1. The molecule has 2 aromatic heterocycles. The van der Waals surface area contributed by atoms with Crippen molar-refractivity contribution in [3.05, 3.63) is 12.2 Å². The normalized spacial score (nSPS) is 14.9. The lowest BCUT2D eigenvalue weighted by Gasteiger charge is -2.12. The van der Waals surface area contributed by atoms with Gasteiger partial charge >= 0.3 is 0 Å². The Kier molecular flexibility index (Phi) is 2.95. The summed E-state index contributed by atoms with van der Waals surface area (Å²) in [5.74, 6) is 1.58. The largest absolute Gasteiger partial charge is 0.337 e. The van der Waals surface area contributed by atoms with Crippen LogP contribution in [0.1, 0.15) is 32.2 Å². The van der Waals surface area contributed by atoms with Gasteiger partial charge in [0.15, 0.2) is 5.82 Å². The number of hydrogen-bond donors (Lipinski definition) is 2. The predicted molar refractivity (Wildman–Crippen MR) is 56.1 cm³/mol. The highest BCUT2D eigenvalue weighted by Crippen LogP contribution is 2.21. The molecular weight excluding hydrogens is 208 g/mol. The van der Waals surface area contributed by atoms with Crippen molar-refractivity contribution in [2.75, 3.05) is 0 Å². The number of nitrogens with two attached hydrogens (primary N) is 1. The van der Waals surface area contributed by atoms with Crippen LogP contribution in [0, 0.1) is 5.92 Å². The van der Waals surface area contributed by atoms with Gasteiger partial charge in [-0.15, -0.1) is 0 Å². The summed E-state index contributed by atoms with van der Waals surface area (Å²) in [6.45, 7) is 4.11. The summed E-state index contributed by atoms with van der Waals surface area (Å²) in [7, 11) is 0. The zero-order valence-corrected chi connectivity index (χ0v) is 9.21. The van der Waals surface area contributed by atoms with E-state index in [1.807, 2.05) is 6.92 Å². The first-order valence-corrected chi connectivity index (χ1v) is 5.17. The molecule has 0 bridgehead atoms. The van der Waals surface area contributed by atoms with Crippen molar-refractivity contribution >= 4 is 0 Å². The van der Waals surface area contributed by atoms with Gasteiger partial charge in [-0.2, -0.15) is 10.1 Å². The van der Waals surface area contributed by atoms with Crippen molar-refractivity contribution in [2.45, 2.75) is 26.3 Å². The first-order valence-electron chi connectivity index (χ1n) is 5.17. The molecule has 2 atom stereocenters. The van der Waals surface area contributed by atoms with Gasteiger partial charge in [0.05, 0.1) is 6.04 Å². The van der Waals surface area contributed by atoms with E-state index < -0.39 is 0 Å². The van der Waals surface area contributed by atoms with E-state index >= 15 is 0 Å². The summed E-state index contributed by atoms with van der Waals surface area (Å²) in [6.07, 6.45) is 2.35. The number of nitrogens with one attached hydrogen (secondary N) is 1. The lowest BCUT2D eigenvalue weighted by molar-refractivity contribution is 0.312. The lowest BCUT2D eigenvalue weighted by Crippen LogP contribution is -2.18. The van der Waals surface area contributed by atoms with Crippen LogP contribution in [0.15, 0.2) is 10.9 Å². The van der Waals surface area contributed by atoms with E-state index in [9.17, 15) is 0 Å². The molecule has 0 saturated heterocycles. The smallest absolute Gasteiger partial charge is 0.244 e. The van der Waals surface area contributed by atoms with Crippen LogP contribution >= 0.6 is 0 Å². The lowest BCUT2D eigenvalue weighted by atomic mass is 10.0. The van der Waals surface area contributed by atoms with Gasteiger partial charge in [0.25, 0.3) is 0 Å². The highest BCUT2D eigenvalue weighted by atomic mass is 16.5. The fraction of sp³-hybridized carbons (Fsp3) is 0.556. The van der Waals surface area contributed by atoms with Gasteiger partial charge in [-0.1, -0.05) is 25.4 Å². The van der Waals surface area contributed by atoms with Crippen molar-refractivity contribution in [1.29, 1.82) is 0 Å². The Labute approximate surface area is 92.5 Å². The van der Waals surface area contributed by atoms with Gasteiger partial charge in [0.2, 0.25) is 11.7 Å². The monoisotopic (exact) mass is 222 g/mol. The summed E-state index contributed by atoms with van der Waals surface area (Å²) in [4.78, 5) is 8.12. The topological polar surface area (TPSA) is 107 Å². The summed E-state index contributed by atoms with van der Waals surface area (Å²) < 4.78 is 5.10. The standard InChI is InChI=1S/C9H14N6O/c1-3-5(2)6(10)9-13-8(15-16-9)7-11-4-12-14-7/h4-6H,3,10H2,1-2H3,(H,11,12,14)/t5-,6-/m0/s1. The summed E-state index contributed by atoms with van der Waals surface area (Å²) in [5, 5.41) is 10.2. The van der Waals surface area contributed by atoms with Crippen LogP contribution in [-0.4, -0.2) is 25.3 Å². The molecule has 0 aliphatic heterocycles. The summed E-state index contributed by atoms with van der Waals surface area (Å²) in [6, 6.07) is -0.242. The molecule has 0 aliphatic rings. The molecule has 0 amide bonds. The molecule has 0 aliphatic carbocycles. The van der Waals surface area contributed by atoms with Crippen LogP contribution in [0.4, 0.5) is 0 Å². The molecule has 0 radical (unpaired) electrons. The van der Waals surface area contributed by atoms with Gasteiger partial charge in [-0.05, 0) is 5.92 Å². The third kappa shape index (κ3) is 1.94. The second-order valence-electron chi connectivity index (χ2n) is 3.70. The minimum Gasteiger partial charge on any atom is -0.337 e. The van der Waals surface area contributed by atoms with Crippen LogP contribution in [0.3, 0.4) is 0 Å². The minimum absolute atomic E-state index is 0.242. The Morgan fingerprint density at radius 2 is 2.38 bits per heavy atom. The molecule has 2 heterocycles. The van der Waals surface area contributed by atoms with Crippen molar-refractivity contribution in [2.24, 2.45) is 11.7 Å². The second-order valence-corrected chi connectivity index (χ2v) is 3.70. The van der Waals surface area contributed by atoms with Crippen LogP contribution in [0.5, 0.6) is 0 Å². The highest BCUT2D eigenvalue weighted by Gasteiger charge is 2.21. The Morgan fingerprint density at radius 1 is 1.56 bits per heavy atom. The zero-order valence-electron chi connectivity index (χ0n) is 9.21.